The Bertz CT molecular complexity index is 541. The van der Waals surface area contributed by atoms with Gasteiger partial charge in [0.2, 0.25) is 11.8 Å². The molecule has 0 heterocycles. The van der Waals surface area contributed by atoms with Crippen LogP contribution < -0.4 is 10.6 Å². The second-order valence-electron chi connectivity index (χ2n) is 5.68. The van der Waals surface area contributed by atoms with Crippen molar-refractivity contribution in [1.29, 1.82) is 0 Å². The summed E-state index contributed by atoms with van der Waals surface area (Å²) in [6, 6.07) is 2.19. The highest BCUT2D eigenvalue weighted by atomic mass is 19.1. The molecule has 22 heavy (non-hydrogen) atoms. The number of carbonyl (C=O) groups excluding carboxylic acids is 2. The van der Waals surface area contributed by atoms with Crippen LogP contribution in [0.3, 0.4) is 0 Å². The Kier molecular flexibility index (Phi) is 5.99. The summed E-state index contributed by atoms with van der Waals surface area (Å²) >= 11 is 0. The second-order valence-corrected chi connectivity index (χ2v) is 5.68. The van der Waals surface area contributed by atoms with Gasteiger partial charge in [0.15, 0.2) is 0 Å². The number of aliphatic hydroxyl groups excluding tert-OH is 1. The highest BCUT2D eigenvalue weighted by Gasteiger charge is 2.26. The van der Waals surface area contributed by atoms with E-state index in [-0.39, 0.29) is 18.6 Å². The fourth-order valence-electron chi connectivity index (χ4n) is 1.97. The van der Waals surface area contributed by atoms with Crippen molar-refractivity contribution in [2.45, 2.75) is 38.8 Å². The predicted octanol–water partition coefficient (Wildman–Crippen LogP) is 1.42. The van der Waals surface area contributed by atoms with Gasteiger partial charge in [-0.2, -0.15) is 0 Å². The number of rotatable bonds is 6. The monoisotopic (exact) mass is 314 g/mol. The largest absolute Gasteiger partial charge is 0.394 e. The molecule has 0 saturated heterocycles. The summed E-state index contributed by atoms with van der Waals surface area (Å²) in [4.78, 5) is 23.2. The summed E-state index contributed by atoms with van der Waals surface area (Å²) in [6.07, 6.45) is -0.346. The molecule has 0 aliphatic carbocycles. The molecule has 1 atom stereocenters. The van der Waals surface area contributed by atoms with E-state index in [1.54, 1.807) is 13.8 Å². The summed E-state index contributed by atoms with van der Waals surface area (Å²) < 4.78 is 27.7. The SMILES string of the molecule is CC(=O)NC(CC(=O)NC(C)(C)CO)c1c(F)cccc1F. The van der Waals surface area contributed by atoms with Crippen molar-refractivity contribution in [3.8, 4) is 0 Å². The van der Waals surface area contributed by atoms with Crippen molar-refractivity contribution >= 4 is 11.8 Å². The molecule has 2 amide bonds. The fraction of sp³-hybridized carbons (Fsp3) is 0.467. The lowest BCUT2D eigenvalue weighted by Crippen LogP contribution is -2.47. The van der Waals surface area contributed by atoms with Crippen molar-refractivity contribution in [1.82, 2.24) is 10.6 Å². The molecule has 1 unspecified atom stereocenters. The van der Waals surface area contributed by atoms with E-state index >= 15 is 0 Å². The molecule has 7 heteroatoms. The Balaban J connectivity index is 3.00. The Labute approximate surface area is 127 Å². The van der Waals surface area contributed by atoms with Gasteiger partial charge in [-0.15, -0.1) is 0 Å². The van der Waals surface area contributed by atoms with Gasteiger partial charge >= 0.3 is 0 Å². The Morgan fingerprint density at radius 3 is 2.27 bits per heavy atom. The highest BCUT2D eigenvalue weighted by Crippen LogP contribution is 2.23. The molecule has 0 spiro atoms. The van der Waals surface area contributed by atoms with Crippen molar-refractivity contribution in [2.75, 3.05) is 6.61 Å². The summed E-state index contributed by atoms with van der Waals surface area (Å²) in [5, 5.41) is 14.0. The molecule has 0 bridgehead atoms. The maximum Gasteiger partial charge on any atom is 0.222 e. The molecular formula is C15H20F2N2O3. The zero-order valence-corrected chi connectivity index (χ0v) is 12.7. The standard InChI is InChI=1S/C15H20F2N2O3/c1-9(21)18-12(7-13(22)19-15(2,3)8-20)14-10(16)5-4-6-11(14)17/h4-6,12,20H,7-8H2,1-3H3,(H,18,21)(H,19,22). The van der Waals surface area contributed by atoms with Crippen LogP contribution in [0.2, 0.25) is 0 Å². The Morgan fingerprint density at radius 2 is 1.82 bits per heavy atom. The smallest absolute Gasteiger partial charge is 0.222 e. The maximum absolute atomic E-state index is 13.8. The van der Waals surface area contributed by atoms with Gasteiger partial charge in [0.1, 0.15) is 11.6 Å². The third kappa shape index (κ3) is 5.07. The number of amides is 2. The summed E-state index contributed by atoms with van der Waals surface area (Å²) in [7, 11) is 0. The van der Waals surface area contributed by atoms with E-state index in [0.29, 0.717) is 0 Å². The van der Waals surface area contributed by atoms with Gasteiger partial charge < -0.3 is 15.7 Å². The number of nitrogens with one attached hydrogen (secondary N) is 2. The van der Waals surface area contributed by atoms with Gasteiger partial charge in [0, 0.05) is 12.5 Å². The Morgan fingerprint density at radius 1 is 1.27 bits per heavy atom. The summed E-state index contributed by atoms with van der Waals surface area (Å²) in [5.41, 5.74) is -1.24. The third-order valence-corrected chi connectivity index (χ3v) is 2.99. The van der Waals surface area contributed by atoms with Crippen LogP contribution in [-0.2, 0) is 9.59 Å². The molecule has 0 aliphatic heterocycles. The molecule has 0 aromatic heterocycles. The van der Waals surface area contributed by atoms with Crippen LogP contribution in [0.1, 0.15) is 38.8 Å². The van der Waals surface area contributed by atoms with E-state index in [4.69, 9.17) is 5.11 Å². The molecule has 122 valence electrons. The van der Waals surface area contributed by atoms with Crippen molar-refractivity contribution in [3.63, 3.8) is 0 Å². The fourth-order valence-corrected chi connectivity index (χ4v) is 1.97. The molecule has 0 aliphatic rings. The number of benzene rings is 1. The molecule has 5 nitrogen and oxygen atoms in total. The number of hydrogen-bond donors (Lipinski definition) is 3. The van der Waals surface area contributed by atoms with Gasteiger partial charge in [-0.25, -0.2) is 8.78 Å². The number of carbonyl (C=O) groups is 2. The minimum atomic E-state index is -1.13. The first-order valence-corrected chi connectivity index (χ1v) is 6.79. The molecule has 1 aromatic rings. The average Bonchev–Trinajstić information content (AvgIpc) is 2.36. The first kappa shape index (κ1) is 18.0. The molecule has 1 aromatic carbocycles. The molecule has 1 rings (SSSR count). The van der Waals surface area contributed by atoms with Gasteiger partial charge in [-0.05, 0) is 26.0 Å². The zero-order valence-electron chi connectivity index (χ0n) is 12.7. The van der Waals surface area contributed by atoms with Gasteiger partial charge in [0.05, 0.1) is 24.6 Å². The average molecular weight is 314 g/mol. The van der Waals surface area contributed by atoms with Gasteiger partial charge in [0.25, 0.3) is 0 Å². The molecule has 3 N–H and O–H groups in total. The number of hydrogen-bond acceptors (Lipinski definition) is 3. The Hall–Kier alpha value is -2.02. The number of halogens is 2. The lowest BCUT2D eigenvalue weighted by atomic mass is 10.0. The van der Waals surface area contributed by atoms with Crippen LogP contribution in [0, 0.1) is 11.6 Å². The molecule has 0 fully saturated rings. The first-order valence-electron chi connectivity index (χ1n) is 6.79. The number of aliphatic hydroxyl groups is 1. The zero-order chi connectivity index (χ0) is 16.9. The van der Waals surface area contributed by atoms with Crippen LogP contribution in [0.5, 0.6) is 0 Å². The second kappa shape index (κ2) is 7.31. The van der Waals surface area contributed by atoms with Crippen molar-refractivity contribution in [3.05, 3.63) is 35.4 Å². The summed E-state index contributed by atoms with van der Waals surface area (Å²) in [6.45, 7) is 4.10. The quantitative estimate of drug-likeness (QED) is 0.743. The van der Waals surface area contributed by atoms with Gasteiger partial charge in [-0.3, -0.25) is 9.59 Å². The van der Waals surface area contributed by atoms with E-state index in [1.165, 1.54) is 13.0 Å². The van der Waals surface area contributed by atoms with E-state index in [2.05, 4.69) is 10.6 Å². The van der Waals surface area contributed by atoms with Crippen molar-refractivity contribution < 1.29 is 23.5 Å². The van der Waals surface area contributed by atoms with Crippen LogP contribution in [0.15, 0.2) is 18.2 Å². The van der Waals surface area contributed by atoms with Gasteiger partial charge in [-0.1, -0.05) is 6.07 Å². The molecule has 0 radical (unpaired) electrons. The van der Waals surface area contributed by atoms with Crippen LogP contribution in [0.25, 0.3) is 0 Å². The van der Waals surface area contributed by atoms with E-state index in [0.717, 1.165) is 12.1 Å². The van der Waals surface area contributed by atoms with Crippen LogP contribution in [0.4, 0.5) is 8.78 Å². The molecular weight excluding hydrogens is 294 g/mol. The van der Waals surface area contributed by atoms with Crippen LogP contribution in [-0.4, -0.2) is 29.1 Å². The normalized spacial score (nSPS) is 12.6. The third-order valence-electron chi connectivity index (χ3n) is 2.99. The lowest BCUT2D eigenvalue weighted by molar-refractivity contribution is -0.124. The van der Waals surface area contributed by atoms with E-state index < -0.39 is 35.0 Å². The molecule has 0 saturated carbocycles. The minimum Gasteiger partial charge on any atom is -0.394 e. The van der Waals surface area contributed by atoms with Crippen LogP contribution >= 0.6 is 0 Å². The predicted molar refractivity (Wildman–Crippen MR) is 76.8 cm³/mol. The minimum absolute atomic E-state index is 0.294. The first-order chi connectivity index (χ1) is 10.2. The van der Waals surface area contributed by atoms with E-state index in [9.17, 15) is 18.4 Å². The summed E-state index contributed by atoms with van der Waals surface area (Å²) in [5.74, 6) is -2.73. The van der Waals surface area contributed by atoms with E-state index in [1.807, 2.05) is 0 Å². The highest BCUT2D eigenvalue weighted by molar-refractivity contribution is 5.79. The topological polar surface area (TPSA) is 78.4 Å². The maximum atomic E-state index is 13.8. The lowest BCUT2D eigenvalue weighted by Gasteiger charge is -2.25. The van der Waals surface area contributed by atoms with Crippen molar-refractivity contribution in [2.24, 2.45) is 0 Å².